The lowest BCUT2D eigenvalue weighted by Crippen LogP contribution is -2.32. The van der Waals surface area contributed by atoms with E-state index >= 15 is 0 Å². The van der Waals surface area contributed by atoms with Crippen molar-refractivity contribution in [2.45, 2.75) is 18.9 Å². The van der Waals surface area contributed by atoms with E-state index in [4.69, 9.17) is 9.47 Å². The van der Waals surface area contributed by atoms with Crippen LogP contribution in [0.25, 0.3) is 5.69 Å². The van der Waals surface area contributed by atoms with Gasteiger partial charge in [-0.3, -0.25) is 14.2 Å². The summed E-state index contributed by atoms with van der Waals surface area (Å²) >= 11 is 0. The second-order valence-corrected chi connectivity index (χ2v) is 5.67. The molecule has 1 aromatic heterocycles. The lowest BCUT2D eigenvalue weighted by Gasteiger charge is -2.12. The van der Waals surface area contributed by atoms with Crippen LogP contribution in [0.2, 0.25) is 0 Å². The van der Waals surface area contributed by atoms with Gasteiger partial charge in [0.1, 0.15) is 5.75 Å². The minimum atomic E-state index is -0.215. The van der Waals surface area contributed by atoms with Crippen molar-refractivity contribution in [3.63, 3.8) is 0 Å². The van der Waals surface area contributed by atoms with E-state index in [1.165, 1.54) is 16.7 Å². The molecule has 6 nitrogen and oxygen atoms in total. The minimum Gasteiger partial charge on any atom is -0.497 e. The number of benzene rings is 1. The molecular weight excluding hydrogens is 308 g/mol. The fourth-order valence-electron chi connectivity index (χ4n) is 2.68. The molecule has 1 unspecified atom stereocenters. The number of carbonyl (C=O) groups excluding carboxylic acids is 1. The highest BCUT2D eigenvalue weighted by molar-refractivity contribution is 5.93. The van der Waals surface area contributed by atoms with E-state index in [0.29, 0.717) is 23.5 Å². The Kier molecular flexibility index (Phi) is 4.96. The molecule has 1 aliphatic rings. The molecule has 1 amide bonds. The summed E-state index contributed by atoms with van der Waals surface area (Å²) in [6.45, 7) is 1.24. The highest BCUT2D eigenvalue weighted by atomic mass is 16.5. The lowest BCUT2D eigenvalue weighted by molar-refractivity contribution is 0.0857. The van der Waals surface area contributed by atoms with Gasteiger partial charge in [0.15, 0.2) is 0 Å². The molecule has 3 rings (SSSR count). The van der Waals surface area contributed by atoms with E-state index < -0.39 is 0 Å². The van der Waals surface area contributed by atoms with Gasteiger partial charge in [-0.25, -0.2) is 0 Å². The molecule has 1 atom stereocenters. The van der Waals surface area contributed by atoms with Crippen LogP contribution in [-0.4, -0.2) is 36.8 Å². The molecule has 0 radical (unpaired) electrons. The van der Waals surface area contributed by atoms with Crippen molar-refractivity contribution in [1.82, 2.24) is 9.88 Å². The van der Waals surface area contributed by atoms with Crippen LogP contribution >= 0.6 is 0 Å². The Morgan fingerprint density at radius 1 is 1.29 bits per heavy atom. The predicted octanol–water partition coefficient (Wildman–Crippen LogP) is 1.75. The van der Waals surface area contributed by atoms with Gasteiger partial charge in [0.25, 0.3) is 11.5 Å². The Morgan fingerprint density at radius 2 is 2.08 bits per heavy atom. The number of carbonyl (C=O) groups is 1. The number of hydrogen-bond acceptors (Lipinski definition) is 4. The van der Waals surface area contributed by atoms with Gasteiger partial charge in [0.05, 0.1) is 18.8 Å². The van der Waals surface area contributed by atoms with Crippen LogP contribution in [0, 0.1) is 0 Å². The Labute approximate surface area is 140 Å². The number of amides is 1. The van der Waals surface area contributed by atoms with E-state index in [1.54, 1.807) is 37.6 Å². The third kappa shape index (κ3) is 3.65. The first-order valence-electron chi connectivity index (χ1n) is 7.94. The van der Waals surface area contributed by atoms with E-state index in [2.05, 4.69) is 5.32 Å². The maximum Gasteiger partial charge on any atom is 0.255 e. The lowest BCUT2D eigenvalue weighted by atomic mass is 10.2. The molecule has 0 aliphatic carbocycles. The molecule has 1 aromatic carbocycles. The van der Waals surface area contributed by atoms with Gasteiger partial charge in [-0.15, -0.1) is 0 Å². The van der Waals surface area contributed by atoms with Crippen LogP contribution in [0.1, 0.15) is 23.2 Å². The zero-order valence-electron chi connectivity index (χ0n) is 13.5. The van der Waals surface area contributed by atoms with Crippen molar-refractivity contribution in [1.29, 1.82) is 0 Å². The van der Waals surface area contributed by atoms with Crippen molar-refractivity contribution in [2.24, 2.45) is 0 Å². The van der Waals surface area contributed by atoms with Crippen LogP contribution in [0.15, 0.2) is 47.4 Å². The van der Waals surface area contributed by atoms with Gasteiger partial charge in [-0.2, -0.15) is 0 Å². The summed E-state index contributed by atoms with van der Waals surface area (Å²) in [5.74, 6) is 0.491. The number of nitrogens with zero attached hydrogens (tertiary/aromatic N) is 1. The van der Waals surface area contributed by atoms with E-state index in [1.807, 2.05) is 0 Å². The van der Waals surface area contributed by atoms with Crippen LogP contribution in [0.5, 0.6) is 5.75 Å². The Morgan fingerprint density at radius 3 is 2.75 bits per heavy atom. The molecule has 0 spiro atoms. The number of nitrogens with one attached hydrogen (secondary N) is 1. The first kappa shape index (κ1) is 16.3. The predicted molar refractivity (Wildman–Crippen MR) is 89.9 cm³/mol. The SMILES string of the molecule is COc1ccc(-n2cc(C(=O)NCC3CCCO3)ccc2=O)cc1. The number of pyridine rings is 1. The Balaban J connectivity index is 1.77. The zero-order chi connectivity index (χ0) is 16.9. The fraction of sp³-hybridized carbons (Fsp3) is 0.333. The van der Waals surface area contributed by atoms with Crippen molar-refractivity contribution >= 4 is 5.91 Å². The van der Waals surface area contributed by atoms with Crippen molar-refractivity contribution in [3.8, 4) is 11.4 Å². The van der Waals surface area contributed by atoms with Crippen LogP contribution in [0.4, 0.5) is 0 Å². The molecule has 1 fully saturated rings. The zero-order valence-corrected chi connectivity index (χ0v) is 13.5. The summed E-state index contributed by atoms with van der Waals surface area (Å²) in [4.78, 5) is 24.4. The molecule has 0 saturated carbocycles. The second kappa shape index (κ2) is 7.31. The summed E-state index contributed by atoms with van der Waals surface area (Å²) < 4.78 is 12.1. The van der Waals surface area contributed by atoms with E-state index in [0.717, 1.165) is 19.4 Å². The quantitative estimate of drug-likeness (QED) is 0.908. The summed E-state index contributed by atoms with van der Waals surface area (Å²) in [6.07, 6.45) is 3.63. The van der Waals surface area contributed by atoms with Gasteiger partial charge >= 0.3 is 0 Å². The number of rotatable bonds is 5. The normalized spacial score (nSPS) is 16.8. The first-order chi connectivity index (χ1) is 11.7. The number of aromatic nitrogens is 1. The smallest absolute Gasteiger partial charge is 0.255 e. The van der Waals surface area contributed by atoms with Crippen molar-refractivity contribution < 1.29 is 14.3 Å². The molecule has 2 heterocycles. The summed E-state index contributed by atoms with van der Waals surface area (Å²) in [5.41, 5.74) is 0.911. The van der Waals surface area contributed by atoms with Crippen LogP contribution in [0.3, 0.4) is 0 Å². The van der Waals surface area contributed by atoms with Gasteiger partial charge in [0.2, 0.25) is 0 Å². The Bertz CT molecular complexity index is 761. The van der Waals surface area contributed by atoms with Crippen molar-refractivity contribution in [2.75, 3.05) is 20.3 Å². The number of hydrogen-bond donors (Lipinski definition) is 1. The van der Waals surface area contributed by atoms with E-state index in [9.17, 15) is 9.59 Å². The fourth-order valence-corrected chi connectivity index (χ4v) is 2.68. The molecule has 6 heteroatoms. The highest BCUT2D eigenvalue weighted by Gasteiger charge is 2.17. The van der Waals surface area contributed by atoms with Crippen LogP contribution < -0.4 is 15.6 Å². The van der Waals surface area contributed by atoms with Gasteiger partial charge in [-0.05, 0) is 43.2 Å². The van der Waals surface area contributed by atoms with Gasteiger partial charge in [-0.1, -0.05) is 0 Å². The summed E-state index contributed by atoms with van der Waals surface area (Å²) in [7, 11) is 1.58. The monoisotopic (exact) mass is 328 g/mol. The van der Waals surface area contributed by atoms with Gasteiger partial charge < -0.3 is 14.8 Å². The molecule has 1 aliphatic heterocycles. The van der Waals surface area contributed by atoms with Crippen molar-refractivity contribution in [3.05, 3.63) is 58.5 Å². The maximum atomic E-state index is 12.3. The molecular formula is C18H20N2O4. The van der Waals surface area contributed by atoms with E-state index in [-0.39, 0.29) is 17.6 Å². The highest BCUT2D eigenvalue weighted by Crippen LogP contribution is 2.14. The topological polar surface area (TPSA) is 69.6 Å². The molecule has 1 N–H and O–H groups in total. The average Bonchev–Trinajstić information content (AvgIpc) is 3.14. The standard InChI is InChI=1S/C18H20N2O4/c1-23-15-7-5-14(6-8-15)20-12-13(4-9-17(20)21)18(22)19-11-16-3-2-10-24-16/h4-9,12,16H,2-3,10-11H2,1H3,(H,19,22). The number of methoxy groups -OCH3 is 1. The number of ether oxygens (including phenoxy) is 2. The first-order valence-corrected chi connectivity index (χ1v) is 7.94. The third-order valence-electron chi connectivity index (χ3n) is 4.04. The second-order valence-electron chi connectivity index (χ2n) is 5.67. The van der Waals surface area contributed by atoms with Crippen LogP contribution in [-0.2, 0) is 4.74 Å². The summed E-state index contributed by atoms with van der Waals surface area (Å²) in [5, 5.41) is 2.86. The molecule has 126 valence electrons. The molecule has 2 aromatic rings. The molecule has 24 heavy (non-hydrogen) atoms. The maximum absolute atomic E-state index is 12.3. The average molecular weight is 328 g/mol. The minimum absolute atomic E-state index is 0.0847. The molecule has 0 bridgehead atoms. The largest absolute Gasteiger partial charge is 0.497 e. The third-order valence-corrected chi connectivity index (χ3v) is 4.04. The molecule has 1 saturated heterocycles. The summed E-state index contributed by atoms with van der Waals surface area (Å²) in [6, 6.07) is 10.0. The Hall–Kier alpha value is -2.60. The van der Waals surface area contributed by atoms with Gasteiger partial charge in [0, 0.05) is 31.1 Å².